The monoisotopic (exact) mass is 531 g/mol. The number of halogens is 2. The van der Waals surface area contributed by atoms with Crippen LogP contribution in [0.4, 0.5) is 5.69 Å². The average molecular weight is 532 g/mol. The van der Waals surface area contributed by atoms with Gasteiger partial charge in [0, 0.05) is 30.6 Å². The highest BCUT2D eigenvalue weighted by Gasteiger charge is 2.32. The fourth-order valence-corrected chi connectivity index (χ4v) is 4.74. The molecule has 1 atom stereocenters. The topological polar surface area (TPSA) is 123 Å². The molecule has 1 heterocycles. The van der Waals surface area contributed by atoms with Gasteiger partial charge in [-0.3, -0.25) is 4.79 Å². The summed E-state index contributed by atoms with van der Waals surface area (Å²) in [5, 5.41) is 15.2. The number of amides is 1. The lowest BCUT2D eigenvalue weighted by molar-refractivity contribution is -0.117. The summed E-state index contributed by atoms with van der Waals surface area (Å²) in [5.74, 6) is 0.624. The first kappa shape index (κ1) is 24.8. The van der Waals surface area contributed by atoms with Crippen molar-refractivity contribution in [2.75, 3.05) is 18.6 Å². The molecule has 0 unspecified atom stereocenters. The smallest absolute Gasteiger partial charge is 0.238 e. The molecular weight excluding hydrogens is 513 g/mol. The van der Waals surface area contributed by atoms with E-state index in [1.165, 1.54) is 31.4 Å². The number of primary sulfonamides is 1. The molecule has 1 aliphatic rings. The minimum absolute atomic E-state index is 0.0282. The fraction of sp³-hybridized carbons (Fsp3) is 0.167. The van der Waals surface area contributed by atoms with Gasteiger partial charge in [0.25, 0.3) is 0 Å². The molecule has 0 aromatic heterocycles. The number of hydrogen-bond donors (Lipinski definition) is 1. The van der Waals surface area contributed by atoms with E-state index in [0.29, 0.717) is 28.8 Å². The van der Waals surface area contributed by atoms with E-state index in [9.17, 15) is 18.5 Å². The van der Waals surface area contributed by atoms with Gasteiger partial charge in [0.1, 0.15) is 23.3 Å². The summed E-state index contributed by atoms with van der Waals surface area (Å²) in [6, 6.07) is 16.0. The summed E-state index contributed by atoms with van der Waals surface area (Å²) >= 11 is 12.5. The van der Waals surface area contributed by atoms with Crippen molar-refractivity contribution >= 4 is 44.8 Å². The van der Waals surface area contributed by atoms with Crippen molar-refractivity contribution in [2.24, 2.45) is 5.14 Å². The van der Waals surface area contributed by atoms with Crippen LogP contribution in [0.5, 0.6) is 17.2 Å². The molecule has 1 amide bonds. The van der Waals surface area contributed by atoms with Crippen LogP contribution in [0.25, 0.3) is 0 Å². The van der Waals surface area contributed by atoms with Crippen molar-refractivity contribution in [3.05, 3.63) is 75.8 Å². The number of nitrogens with zero attached hydrogens (tertiary/aromatic N) is 2. The number of benzene rings is 3. The zero-order valence-corrected chi connectivity index (χ0v) is 20.7. The minimum Gasteiger partial charge on any atom is -0.495 e. The second-order valence-corrected chi connectivity index (χ2v) is 10.2. The molecule has 0 aliphatic carbocycles. The van der Waals surface area contributed by atoms with Crippen molar-refractivity contribution in [3.63, 3.8) is 0 Å². The lowest BCUT2D eigenvalue weighted by Gasteiger charge is -2.18. The summed E-state index contributed by atoms with van der Waals surface area (Å²) in [5.41, 5.74) is 1.60. The van der Waals surface area contributed by atoms with Crippen LogP contribution in [0.3, 0.4) is 0 Å². The van der Waals surface area contributed by atoms with E-state index >= 15 is 0 Å². The number of ether oxygens (including phenoxy) is 2. The molecule has 0 radical (unpaired) electrons. The summed E-state index contributed by atoms with van der Waals surface area (Å²) in [6.07, 6.45) is 0.246. The van der Waals surface area contributed by atoms with Crippen molar-refractivity contribution in [1.29, 1.82) is 5.26 Å². The number of sulfonamides is 1. The number of nitrogens with two attached hydrogens (primary N) is 1. The van der Waals surface area contributed by atoms with Crippen LogP contribution in [-0.2, 0) is 14.8 Å². The van der Waals surface area contributed by atoms with Gasteiger partial charge in [0.2, 0.25) is 15.9 Å². The van der Waals surface area contributed by atoms with E-state index in [2.05, 4.69) is 0 Å². The number of nitriles is 1. The molecule has 180 valence electrons. The Hall–Kier alpha value is -3.29. The Bertz CT molecular complexity index is 1450. The third-order valence-electron chi connectivity index (χ3n) is 5.62. The largest absolute Gasteiger partial charge is 0.495 e. The van der Waals surface area contributed by atoms with Crippen LogP contribution in [0.15, 0.2) is 59.5 Å². The summed E-state index contributed by atoms with van der Waals surface area (Å²) in [6.45, 7) is 0.382. The maximum atomic E-state index is 12.7. The van der Waals surface area contributed by atoms with Crippen molar-refractivity contribution in [1.82, 2.24) is 0 Å². The van der Waals surface area contributed by atoms with Crippen LogP contribution >= 0.6 is 23.2 Å². The van der Waals surface area contributed by atoms with E-state index in [4.69, 9.17) is 37.8 Å². The van der Waals surface area contributed by atoms with Gasteiger partial charge < -0.3 is 14.4 Å². The third-order valence-corrected chi connectivity index (χ3v) is 7.16. The second kappa shape index (κ2) is 9.76. The fourth-order valence-electron chi connectivity index (χ4n) is 3.83. The number of hydrogen-bond acceptors (Lipinski definition) is 6. The van der Waals surface area contributed by atoms with Crippen LogP contribution < -0.4 is 19.5 Å². The molecule has 1 aliphatic heterocycles. The molecule has 11 heteroatoms. The molecule has 2 N–H and O–H groups in total. The molecule has 0 bridgehead atoms. The Morgan fingerprint density at radius 2 is 1.74 bits per heavy atom. The summed E-state index contributed by atoms with van der Waals surface area (Å²) in [7, 11) is -2.37. The van der Waals surface area contributed by atoms with Gasteiger partial charge in [-0.25, -0.2) is 13.6 Å². The molecule has 0 saturated carbocycles. The lowest BCUT2D eigenvalue weighted by Crippen LogP contribution is -2.24. The standard InChI is InChI=1S/C24H19Cl2N3O5S/c1-33-22-11-21(15(12-27)8-20(22)26)34-23-9-14(2-7-19(23)25)16-10-24(30)29(13-16)17-3-5-18(6-4-17)35(28,31)32/h2-9,11,16H,10,13H2,1H3,(H2,28,31,32)/t16-/m0/s1. The Morgan fingerprint density at radius 3 is 2.37 bits per heavy atom. The first-order chi connectivity index (χ1) is 16.6. The average Bonchev–Trinajstić information content (AvgIpc) is 3.22. The Morgan fingerprint density at radius 1 is 1.03 bits per heavy atom. The zero-order chi connectivity index (χ0) is 25.3. The highest BCUT2D eigenvalue weighted by molar-refractivity contribution is 7.89. The van der Waals surface area contributed by atoms with Crippen LogP contribution in [0.2, 0.25) is 10.0 Å². The maximum absolute atomic E-state index is 12.7. The van der Waals surface area contributed by atoms with E-state index in [1.54, 1.807) is 29.2 Å². The molecule has 3 aromatic carbocycles. The summed E-state index contributed by atoms with van der Waals surface area (Å²) in [4.78, 5) is 14.3. The van der Waals surface area contributed by atoms with Gasteiger partial charge in [0.15, 0.2) is 0 Å². The summed E-state index contributed by atoms with van der Waals surface area (Å²) < 4.78 is 34.2. The van der Waals surface area contributed by atoms with Gasteiger partial charge in [0.05, 0.1) is 27.6 Å². The lowest BCUT2D eigenvalue weighted by atomic mass is 9.98. The Labute approximate surface area is 212 Å². The Balaban J connectivity index is 1.59. The zero-order valence-electron chi connectivity index (χ0n) is 18.4. The van der Waals surface area contributed by atoms with E-state index in [0.717, 1.165) is 5.56 Å². The maximum Gasteiger partial charge on any atom is 0.238 e. The van der Waals surface area contributed by atoms with E-state index in [1.807, 2.05) is 12.1 Å². The van der Waals surface area contributed by atoms with Crippen LogP contribution in [-0.4, -0.2) is 28.0 Å². The molecule has 3 aromatic rings. The van der Waals surface area contributed by atoms with Gasteiger partial charge in [-0.05, 0) is 48.0 Å². The number of methoxy groups -OCH3 is 1. The molecule has 35 heavy (non-hydrogen) atoms. The first-order valence-corrected chi connectivity index (χ1v) is 12.6. The van der Waals surface area contributed by atoms with Gasteiger partial charge in [-0.15, -0.1) is 0 Å². The highest BCUT2D eigenvalue weighted by atomic mass is 35.5. The third kappa shape index (κ3) is 5.21. The SMILES string of the molecule is COc1cc(Oc2cc([C@H]3CC(=O)N(c4ccc(S(N)(=O)=O)cc4)C3)ccc2Cl)c(C#N)cc1Cl. The molecule has 0 spiro atoms. The number of anilines is 1. The highest BCUT2D eigenvalue weighted by Crippen LogP contribution is 2.40. The Kier molecular flexibility index (Phi) is 6.92. The molecular formula is C24H19Cl2N3O5S. The van der Waals surface area contributed by atoms with Crippen LogP contribution in [0.1, 0.15) is 23.5 Å². The predicted molar refractivity (Wildman–Crippen MR) is 132 cm³/mol. The van der Waals surface area contributed by atoms with E-state index < -0.39 is 10.0 Å². The minimum atomic E-state index is -3.82. The van der Waals surface area contributed by atoms with Crippen molar-refractivity contribution in [3.8, 4) is 23.3 Å². The van der Waals surface area contributed by atoms with Crippen LogP contribution in [0, 0.1) is 11.3 Å². The first-order valence-electron chi connectivity index (χ1n) is 10.3. The van der Waals surface area contributed by atoms with Gasteiger partial charge in [-0.1, -0.05) is 29.3 Å². The molecule has 4 rings (SSSR count). The van der Waals surface area contributed by atoms with Gasteiger partial charge in [-0.2, -0.15) is 5.26 Å². The van der Waals surface area contributed by atoms with Crippen molar-refractivity contribution in [2.45, 2.75) is 17.2 Å². The number of carbonyl (C=O) groups excluding carboxylic acids is 1. The number of carbonyl (C=O) groups is 1. The molecule has 1 fully saturated rings. The second-order valence-electron chi connectivity index (χ2n) is 7.83. The molecule has 8 nitrogen and oxygen atoms in total. The van der Waals surface area contributed by atoms with Gasteiger partial charge >= 0.3 is 0 Å². The van der Waals surface area contributed by atoms with Crippen molar-refractivity contribution < 1.29 is 22.7 Å². The predicted octanol–water partition coefficient (Wildman–Crippen LogP) is 4.83. The number of rotatable bonds is 6. The molecule has 1 saturated heterocycles. The van der Waals surface area contributed by atoms with E-state index in [-0.39, 0.29) is 39.5 Å². The normalized spacial score (nSPS) is 15.7. The quantitative estimate of drug-likeness (QED) is 0.485.